The average molecular weight is 473 g/mol. The lowest BCUT2D eigenvalue weighted by atomic mass is 10.0. The molecule has 176 valence electrons. The van der Waals surface area contributed by atoms with Gasteiger partial charge in [-0.1, -0.05) is 11.6 Å². The summed E-state index contributed by atoms with van der Waals surface area (Å²) in [6.45, 7) is 4.96. The van der Waals surface area contributed by atoms with Crippen LogP contribution < -0.4 is 19.5 Å². The molecule has 0 aliphatic carbocycles. The van der Waals surface area contributed by atoms with E-state index in [1.807, 2.05) is 30.3 Å². The number of hydrogen-bond donors (Lipinski definition) is 0. The van der Waals surface area contributed by atoms with Crippen LogP contribution in [0.5, 0.6) is 11.5 Å². The van der Waals surface area contributed by atoms with Crippen molar-refractivity contribution in [1.82, 2.24) is 4.90 Å². The molecule has 0 aromatic heterocycles. The molecule has 2 aromatic carbocycles. The summed E-state index contributed by atoms with van der Waals surface area (Å²) in [4.78, 5) is 9.14. The predicted molar refractivity (Wildman–Crippen MR) is 125 cm³/mol. The number of benzene rings is 2. The molecular formula is C25H28ClFN3O3-. The van der Waals surface area contributed by atoms with E-state index < -0.39 is 5.82 Å². The second-order valence-electron chi connectivity index (χ2n) is 8.99. The van der Waals surface area contributed by atoms with E-state index in [-0.39, 0.29) is 23.6 Å². The van der Waals surface area contributed by atoms with Crippen molar-refractivity contribution >= 4 is 23.2 Å². The highest BCUT2D eigenvalue weighted by molar-refractivity contribution is 6.30. The molecule has 3 aliphatic rings. The van der Waals surface area contributed by atoms with Gasteiger partial charge in [-0.25, -0.2) is 4.39 Å². The zero-order chi connectivity index (χ0) is 22.8. The van der Waals surface area contributed by atoms with E-state index in [9.17, 15) is 9.50 Å². The molecular weight excluding hydrogens is 445 g/mol. The number of ether oxygens (including phenoxy) is 2. The standard InChI is InChI=1S/C25H29ClFN3O3/c26-19-2-4-21(5-3-19)30-9-6-18(15-30)25(31)28-20(16-29-7-1-8-29)12-17-13-22(27)24-23(14-17)32-10-11-33-24/h2-5,13-14,18,20H,1,6-12,15-16H2,(H,28,31)/p-1/t18-,20?/m1/s1. The number of fused-ring (bicyclic) bond motifs is 1. The van der Waals surface area contributed by atoms with Crippen molar-refractivity contribution in [3.8, 4) is 11.5 Å². The molecule has 0 N–H and O–H groups in total. The Labute approximate surface area is 198 Å². The predicted octanol–water partition coefficient (Wildman–Crippen LogP) is 3.15. The molecule has 2 fully saturated rings. The largest absolute Gasteiger partial charge is 0.862 e. The summed E-state index contributed by atoms with van der Waals surface area (Å²) in [6.07, 6.45) is 2.43. The summed E-state index contributed by atoms with van der Waals surface area (Å²) in [5.41, 5.74) is 1.84. The molecule has 2 saturated heterocycles. The first-order chi connectivity index (χ1) is 16.0. The number of likely N-dealkylation sites (tertiary alicyclic amines) is 1. The third-order valence-corrected chi connectivity index (χ3v) is 6.84. The van der Waals surface area contributed by atoms with Crippen molar-refractivity contribution in [2.75, 3.05) is 50.8 Å². The zero-order valence-electron chi connectivity index (χ0n) is 18.5. The smallest absolute Gasteiger partial charge is 0.197 e. The summed E-state index contributed by atoms with van der Waals surface area (Å²) < 4.78 is 25.5. The first kappa shape index (κ1) is 22.3. The minimum Gasteiger partial charge on any atom is -0.862 e. The van der Waals surface area contributed by atoms with E-state index >= 15 is 0 Å². The molecule has 1 unspecified atom stereocenters. The molecule has 0 spiro atoms. The third-order valence-electron chi connectivity index (χ3n) is 6.58. The van der Waals surface area contributed by atoms with Gasteiger partial charge in [-0.3, -0.25) is 0 Å². The van der Waals surface area contributed by atoms with Gasteiger partial charge in [-0.05, 0) is 80.2 Å². The highest BCUT2D eigenvalue weighted by Crippen LogP contribution is 2.34. The van der Waals surface area contributed by atoms with Gasteiger partial charge in [0.1, 0.15) is 13.2 Å². The first-order valence-electron chi connectivity index (χ1n) is 11.6. The van der Waals surface area contributed by atoms with E-state index in [4.69, 9.17) is 21.1 Å². The van der Waals surface area contributed by atoms with Crippen molar-refractivity contribution in [3.63, 3.8) is 0 Å². The Morgan fingerprint density at radius 3 is 2.70 bits per heavy atom. The van der Waals surface area contributed by atoms with Crippen molar-refractivity contribution in [2.45, 2.75) is 25.3 Å². The lowest BCUT2D eigenvalue weighted by Gasteiger charge is -2.34. The number of nitrogens with zero attached hydrogens (tertiary/aromatic N) is 3. The molecule has 2 atom stereocenters. The fourth-order valence-corrected chi connectivity index (χ4v) is 4.83. The van der Waals surface area contributed by atoms with Crippen LogP contribution in [0.2, 0.25) is 5.02 Å². The van der Waals surface area contributed by atoms with Crippen molar-refractivity contribution in [3.05, 3.63) is 52.8 Å². The van der Waals surface area contributed by atoms with Gasteiger partial charge in [0.05, 0.1) is 6.04 Å². The second-order valence-corrected chi connectivity index (χ2v) is 9.43. The van der Waals surface area contributed by atoms with Crippen LogP contribution in [0.4, 0.5) is 10.1 Å². The maximum Gasteiger partial charge on any atom is 0.197 e. The molecule has 3 heterocycles. The normalized spacial score (nSPS) is 21.7. The Hall–Kier alpha value is -2.51. The van der Waals surface area contributed by atoms with Crippen LogP contribution in [0.15, 0.2) is 41.4 Å². The van der Waals surface area contributed by atoms with Crippen LogP contribution in [0, 0.1) is 11.7 Å². The van der Waals surface area contributed by atoms with Gasteiger partial charge in [0.2, 0.25) is 0 Å². The number of anilines is 1. The van der Waals surface area contributed by atoms with E-state index in [0.29, 0.717) is 43.5 Å². The van der Waals surface area contributed by atoms with Crippen molar-refractivity contribution in [1.29, 1.82) is 0 Å². The molecule has 0 bridgehead atoms. The summed E-state index contributed by atoms with van der Waals surface area (Å²) in [7, 11) is 0. The lowest BCUT2D eigenvalue weighted by molar-refractivity contribution is -0.223. The molecule has 0 amide bonds. The summed E-state index contributed by atoms with van der Waals surface area (Å²) >= 11 is 6.00. The molecule has 33 heavy (non-hydrogen) atoms. The number of rotatable bonds is 7. The summed E-state index contributed by atoms with van der Waals surface area (Å²) in [5.74, 6) is -0.0116. The number of hydrogen-bond acceptors (Lipinski definition) is 6. The molecule has 8 heteroatoms. The van der Waals surface area contributed by atoms with E-state index in [2.05, 4.69) is 14.8 Å². The van der Waals surface area contributed by atoms with Gasteiger partial charge in [-0.2, -0.15) is 0 Å². The van der Waals surface area contributed by atoms with Crippen LogP contribution in [0.3, 0.4) is 0 Å². The van der Waals surface area contributed by atoms with Gasteiger partial charge in [0.25, 0.3) is 0 Å². The number of aliphatic imine (C=N–C) groups is 1. The monoisotopic (exact) mass is 472 g/mol. The number of halogens is 2. The third kappa shape index (κ3) is 5.20. The van der Waals surface area contributed by atoms with Crippen LogP contribution in [0.25, 0.3) is 0 Å². The Bertz CT molecular complexity index is 1010. The van der Waals surface area contributed by atoms with E-state index in [0.717, 1.165) is 43.7 Å². The summed E-state index contributed by atoms with van der Waals surface area (Å²) in [6, 6.07) is 10.8. The van der Waals surface area contributed by atoms with E-state index in [1.54, 1.807) is 0 Å². The van der Waals surface area contributed by atoms with Gasteiger partial charge in [0, 0.05) is 36.3 Å². The minimum atomic E-state index is -0.425. The minimum absolute atomic E-state index is 0.0602. The van der Waals surface area contributed by atoms with Crippen LogP contribution in [0.1, 0.15) is 18.4 Å². The van der Waals surface area contributed by atoms with Gasteiger partial charge < -0.3 is 29.4 Å². The zero-order valence-corrected chi connectivity index (χ0v) is 19.3. The van der Waals surface area contributed by atoms with Gasteiger partial charge in [-0.15, -0.1) is 0 Å². The topological polar surface area (TPSA) is 60.4 Å². The SMILES string of the molecule is [O-]C(=NC(Cc1cc(F)c2c(c1)OCCO2)CN1CCC1)[C@@H]1CCN(c2ccc(Cl)cc2)C1. The molecule has 6 nitrogen and oxygen atoms in total. The molecule has 2 aromatic rings. The van der Waals surface area contributed by atoms with Gasteiger partial charge in [0.15, 0.2) is 17.3 Å². The molecule has 5 rings (SSSR count). The molecule has 0 radical (unpaired) electrons. The summed E-state index contributed by atoms with van der Waals surface area (Å²) in [5, 5.41) is 13.8. The highest BCUT2D eigenvalue weighted by Gasteiger charge is 2.26. The maximum absolute atomic E-state index is 14.5. The lowest BCUT2D eigenvalue weighted by Crippen LogP contribution is -2.43. The Morgan fingerprint density at radius 1 is 1.15 bits per heavy atom. The first-order valence-corrected chi connectivity index (χ1v) is 12.0. The highest BCUT2D eigenvalue weighted by atomic mass is 35.5. The molecule has 3 aliphatic heterocycles. The van der Waals surface area contributed by atoms with Crippen molar-refractivity contribution in [2.24, 2.45) is 10.9 Å². The average Bonchev–Trinajstić information content (AvgIpc) is 3.27. The Balaban J connectivity index is 1.30. The second kappa shape index (κ2) is 9.77. The Kier molecular flexibility index (Phi) is 6.60. The fourth-order valence-electron chi connectivity index (χ4n) is 4.70. The van der Waals surface area contributed by atoms with Gasteiger partial charge >= 0.3 is 0 Å². The van der Waals surface area contributed by atoms with Crippen LogP contribution in [-0.4, -0.2) is 62.8 Å². The fraction of sp³-hybridized carbons (Fsp3) is 0.480. The maximum atomic E-state index is 14.5. The van der Waals surface area contributed by atoms with Crippen LogP contribution in [-0.2, 0) is 6.42 Å². The van der Waals surface area contributed by atoms with Crippen LogP contribution >= 0.6 is 11.6 Å². The quantitative estimate of drug-likeness (QED) is 0.457. The molecule has 0 saturated carbocycles. The van der Waals surface area contributed by atoms with Crippen molar-refractivity contribution < 1.29 is 19.0 Å². The van der Waals surface area contributed by atoms with E-state index in [1.165, 1.54) is 6.07 Å². The Morgan fingerprint density at radius 2 is 1.94 bits per heavy atom.